The maximum Gasteiger partial charge on any atom is 0.251 e. The van der Waals surface area contributed by atoms with E-state index >= 15 is 0 Å². The van der Waals surface area contributed by atoms with Crippen molar-refractivity contribution in [1.82, 2.24) is 9.55 Å². The number of benzene rings is 1. The lowest BCUT2D eigenvalue weighted by Gasteiger charge is -2.11. The van der Waals surface area contributed by atoms with Crippen LogP contribution in [0.2, 0.25) is 0 Å². The first kappa shape index (κ1) is 12.9. The molecule has 0 N–H and O–H groups in total. The summed E-state index contributed by atoms with van der Waals surface area (Å²) in [6, 6.07) is 11.0. The molecule has 2 aromatic heterocycles. The highest BCUT2D eigenvalue weighted by atomic mass is 16.5. The highest BCUT2D eigenvalue weighted by Gasteiger charge is 2.22. The van der Waals surface area contributed by atoms with Crippen molar-refractivity contribution in [2.24, 2.45) is 0 Å². The Bertz CT molecular complexity index is 960. The molecule has 0 amide bonds. The lowest BCUT2D eigenvalue weighted by atomic mass is 10.1. The van der Waals surface area contributed by atoms with Crippen LogP contribution in [0.4, 0.5) is 0 Å². The van der Waals surface area contributed by atoms with Gasteiger partial charge in [0.05, 0.1) is 37.7 Å². The number of pyridine rings is 2. The van der Waals surface area contributed by atoms with E-state index in [4.69, 9.17) is 14.5 Å². The summed E-state index contributed by atoms with van der Waals surface area (Å²) in [5, 5.41) is 0.890. The van der Waals surface area contributed by atoms with Gasteiger partial charge in [-0.15, -0.1) is 0 Å². The molecule has 0 saturated heterocycles. The third kappa shape index (κ3) is 1.65. The van der Waals surface area contributed by atoms with E-state index in [1.54, 1.807) is 30.9 Å². The number of rotatable bonds is 2. The Labute approximate surface area is 126 Å². The molecule has 5 nitrogen and oxygen atoms in total. The summed E-state index contributed by atoms with van der Waals surface area (Å²) >= 11 is 0. The van der Waals surface area contributed by atoms with Gasteiger partial charge in [0.1, 0.15) is 0 Å². The van der Waals surface area contributed by atoms with Crippen LogP contribution in [-0.2, 0) is 6.54 Å². The van der Waals surface area contributed by atoms with Crippen molar-refractivity contribution in [3.63, 3.8) is 0 Å². The van der Waals surface area contributed by atoms with Crippen LogP contribution in [-0.4, -0.2) is 23.8 Å². The van der Waals surface area contributed by atoms with Crippen LogP contribution in [0.1, 0.15) is 5.56 Å². The van der Waals surface area contributed by atoms with E-state index < -0.39 is 0 Å². The number of hydrogen-bond donors (Lipinski definition) is 0. The predicted octanol–water partition coefficient (Wildman–Crippen LogP) is 2.44. The molecule has 3 heterocycles. The molecule has 0 radical (unpaired) electrons. The van der Waals surface area contributed by atoms with Crippen LogP contribution in [0.15, 0.2) is 41.2 Å². The Balaban J connectivity index is 2.03. The maximum absolute atomic E-state index is 12.0. The summed E-state index contributed by atoms with van der Waals surface area (Å²) in [4.78, 5) is 16.7. The van der Waals surface area contributed by atoms with Gasteiger partial charge in [0.25, 0.3) is 5.56 Å². The molecule has 1 aromatic carbocycles. The van der Waals surface area contributed by atoms with Gasteiger partial charge in [-0.1, -0.05) is 6.07 Å². The molecule has 0 unspecified atom stereocenters. The van der Waals surface area contributed by atoms with Gasteiger partial charge in [-0.25, -0.2) is 4.98 Å². The van der Waals surface area contributed by atoms with Crippen molar-refractivity contribution in [2.75, 3.05) is 14.2 Å². The molecule has 4 rings (SSSR count). The number of nitrogens with zero attached hydrogens (tertiary/aromatic N) is 2. The fourth-order valence-corrected chi connectivity index (χ4v) is 3.01. The fourth-order valence-electron chi connectivity index (χ4n) is 3.01. The summed E-state index contributed by atoms with van der Waals surface area (Å²) < 4.78 is 12.5. The first-order valence-electron chi connectivity index (χ1n) is 6.98. The van der Waals surface area contributed by atoms with Crippen molar-refractivity contribution in [1.29, 1.82) is 0 Å². The topological polar surface area (TPSA) is 53.4 Å². The Morgan fingerprint density at radius 3 is 2.77 bits per heavy atom. The number of fused-ring (bicyclic) bond motifs is 4. The van der Waals surface area contributed by atoms with Crippen molar-refractivity contribution < 1.29 is 9.47 Å². The number of methoxy groups -OCH3 is 2. The van der Waals surface area contributed by atoms with Crippen LogP contribution in [0.25, 0.3) is 22.3 Å². The quantitative estimate of drug-likeness (QED) is 0.570. The van der Waals surface area contributed by atoms with Gasteiger partial charge < -0.3 is 14.0 Å². The molecule has 110 valence electrons. The fraction of sp³-hybridized carbons (Fsp3) is 0.176. The van der Waals surface area contributed by atoms with Crippen molar-refractivity contribution in [2.45, 2.75) is 6.54 Å². The van der Waals surface area contributed by atoms with Crippen LogP contribution >= 0.6 is 0 Å². The second-order valence-electron chi connectivity index (χ2n) is 5.20. The van der Waals surface area contributed by atoms with Gasteiger partial charge in [-0.3, -0.25) is 4.79 Å². The molecule has 1 aliphatic heterocycles. The third-order valence-corrected chi connectivity index (χ3v) is 4.04. The van der Waals surface area contributed by atoms with E-state index in [1.165, 1.54) is 0 Å². The molecule has 5 heteroatoms. The van der Waals surface area contributed by atoms with E-state index in [0.717, 1.165) is 27.9 Å². The number of hydrogen-bond acceptors (Lipinski definition) is 4. The SMILES string of the molecule is COc1ccc2nc3c(cc2c1OC)Cn1c-3cccc1=O. The van der Waals surface area contributed by atoms with E-state index in [9.17, 15) is 4.79 Å². The van der Waals surface area contributed by atoms with Gasteiger partial charge in [-0.05, 0) is 24.3 Å². The van der Waals surface area contributed by atoms with Crippen LogP contribution < -0.4 is 15.0 Å². The van der Waals surface area contributed by atoms with Crippen molar-refractivity contribution >= 4 is 10.9 Å². The predicted molar refractivity (Wildman–Crippen MR) is 83.6 cm³/mol. The maximum atomic E-state index is 12.0. The summed E-state index contributed by atoms with van der Waals surface area (Å²) in [6.07, 6.45) is 0. The molecular weight excluding hydrogens is 280 g/mol. The smallest absolute Gasteiger partial charge is 0.251 e. The highest BCUT2D eigenvalue weighted by molar-refractivity contribution is 5.91. The Morgan fingerprint density at radius 1 is 1.14 bits per heavy atom. The molecule has 0 spiro atoms. The zero-order valence-electron chi connectivity index (χ0n) is 12.3. The second kappa shape index (κ2) is 4.59. The molecule has 0 atom stereocenters. The van der Waals surface area contributed by atoms with Gasteiger partial charge >= 0.3 is 0 Å². The molecule has 0 fully saturated rings. The van der Waals surface area contributed by atoms with E-state index in [0.29, 0.717) is 18.0 Å². The van der Waals surface area contributed by atoms with Crippen LogP contribution in [0, 0.1) is 0 Å². The second-order valence-corrected chi connectivity index (χ2v) is 5.20. The number of ether oxygens (including phenoxy) is 2. The average Bonchev–Trinajstić information content (AvgIpc) is 2.91. The first-order valence-corrected chi connectivity index (χ1v) is 6.98. The van der Waals surface area contributed by atoms with Gasteiger partial charge in [-0.2, -0.15) is 0 Å². The number of aromatic nitrogens is 2. The summed E-state index contributed by atoms with van der Waals surface area (Å²) in [5.41, 5.74) is 3.55. The first-order chi connectivity index (χ1) is 10.7. The Hall–Kier alpha value is -2.82. The largest absolute Gasteiger partial charge is 0.493 e. The van der Waals surface area contributed by atoms with Gasteiger partial charge in [0, 0.05) is 17.0 Å². The lowest BCUT2D eigenvalue weighted by Crippen LogP contribution is -2.16. The lowest BCUT2D eigenvalue weighted by molar-refractivity contribution is 0.358. The summed E-state index contributed by atoms with van der Waals surface area (Å²) in [6.45, 7) is 0.535. The molecule has 22 heavy (non-hydrogen) atoms. The molecule has 1 aliphatic rings. The Kier molecular flexibility index (Phi) is 2.69. The van der Waals surface area contributed by atoms with E-state index in [2.05, 4.69) is 0 Å². The zero-order valence-corrected chi connectivity index (χ0v) is 12.3. The zero-order chi connectivity index (χ0) is 15.3. The molecule has 3 aromatic rings. The monoisotopic (exact) mass is 294 g/mol. The third-order valence-electron chi connectivity index (χ3n) is 4.04. The summed E-state index contributed by atoms with van der Waals surface area (Å²) in [5.74, 6) is 1.34. The normalized spacial score (nSPS) is 12.1. The minimum atomic E-state index is -0.0101. The Morgan fingerprint density at radius 2 is 2.00 bits per heavy atom. The summed E-state index contributed by atoms with van der Waals surface area (Å²) in [7, 11) is 3.23. The van der Waals surface area contributed by atoms with Crippen molar-refractivity contribution in [3.8, 4) is 22.9 Å². The van der Waals surface area contributed by atoms with Gasteiger partial charge in [0.15, 0.2) is 11.5 Å². The van der Waals surface area contributed by atoms with E-state index in [-0.39, 0.29) is 5.56 Å². The van der Waals surface area contributed by atoms with Crippen LogP contribution in [0.3, 0.4) is 0 Å². The molecule has 0 aliphatic carbocycles. The molecule has 0 saturated carbocycles. The van der Waals surface area contributed by atoms with Gasteiger partial charge in [0.2, 0.25) is 0 Å². The standard InChI is InChI=1S/C17H14N2O3/c1-21-14-7-6-12-11(17(14)22-2)8-10-9-19-13(16(10)18-12)4-3-5-15(19)20/h3-8H,9H2,1-2H3. The van der Waals surface area contributed by atoms with Crippen LogP contribution in [0.5, 0.6) is 11.5 Å². The molecular formula is C17H14N2O3. The minimum absolute atomic E-state index is 0.0101. The van der Waals surface area contributed by atoms with Crippen molar-refractivity contribution in [3.05, 3.63) is 52.3 Å². The highest BCUT2D eigenvalue weighted by Crippen LogP contribution is 2.38. The minimum Gasteiger partial charge on any atom is -0.493 e. The molecule has 0 bridgehead atoms. The van der Waals surface area contributed by atoms with E-state index in [1.807, 2.05) is 24.3 Å². The average molecular weight is 294 g/mol.